The van der Waals surface area contributed by atoms with E-state index < -0.39 is 0 Å². The first-order valence-electron chi connectivity index (χ1n) is 8.53. The van der Waals surface area contributed by atoms with Crippen molar-refractivity contribution in [2.24, 2.45) is 4.99 Å². The van der Waals surface area contributed by atoms with Gasteiger partial charge >= 0.3 is 0 Å². The summed E-state index contributed by atoms with van der Waals surface area (Å²) in [7, 11) is 1.68. The Balaban J connectivity index is 1.71. The molecule has 1 aliphatic heterocycles. The molecular formula is C23H21NO. The van der Waals surface area contributed by atoms with Gasteiger partial charge in [0.2, 0.25) is 0 Å². The Morgan fingerprint density at radius 3 is 2.40 bits per heavy atom. The molecule has 0 atom stereocenters. The summed E-state index contributed by atoms with van der Waals surface area (Å²) < 4.78 is 5.22. The zero-order valence-corrected chi connectivity index (χ0v) is 14.8. The lowest BCUT2D eigenvalue weighted by Gasteiger charge is -2.22. The molecular weight excluding hydrogens is 306 g/mol. The monoisotopic (exact) mass is 327 g/mol. The van der Waals surface area contributed by atoms with Crippen LogP contribution >= 0.6 is 0 Å². The highest BCUT2D eigenvalue weighted by molar-refractivity contribution is 6.13. The summed E-state index contributed by atoms with van der Waals surface area (Å²) in [6, 6.07) is 20.9. The van der Waals surface area contributed by atoms with Crippen LogP contribution in [0.2, 0.25) is 0 Å². The number of benzene rings is 3. The molecule has 0 amide bonds. The summed E-state index contributed by atoms with van der Waals surface area (Å²) >= 11 is 0. The summed E-state index contributed by atoms with van der Waals surface area (Å²) in [4.78, 5) is 4.91. The average Bonchev–Trinajstić information content (AvgIpc) is 2.91. The molecule has 1 aliphatic rings. The number of methoxy groups -OCH3 is 1. The number of hydrogen-bond acceptors (Lipinski definition) is 2. The van der Waals surface area contributed by atoms with Crippen molar-refractivity contribution < 1.29 is 4.74 Å². The standard InChI is InChI=1S/C23H21NO/c1-23(2)21(15-10-16-8-12-18(25-3)13-9-16)24-20-14-11-17-6-4-5-7-19(17)22(20)23/h4-15H,1-3H3/b15-10+. The van der Waals surface area contributed by atoms with Crippen molar-refractivity contribution in [3.05, 3.63) is 77.9 Å². The van der Waals surface area contributed by atoms with Crippen molar-refractivity contribution >= 4 is 28.2 Å². The summed E-state index contributed by atoms with van der Waals surface area (Å²) in [5.74, 6) is 0.870. The lowest BCUT2D eigenvalue weighted by Crippen LogP contribution is -2.24. The van der Waals surface area contributed by atoms with E-state index in [1.165, 1.54) is 16.3 Å². The molecule has 3 aromatic carbocycles. The number of allylic oxidation sites excluding steroid dienone is 1. The fourth-order valence-electron chi connectivity index (χ4n) is 3.54. The van der Waals surface area contributed by atoms with Gasteiger partial charge in [-0.05, 0) is 46.2 Å². The number of fused-ring (bicyclic) bond motifs is 3. The van der Waals surface area contributed by atoms with Crippen LogP contribution in [0.5, 0.6) is 5.75 Å². The van der Waals surface area contributed by atoms with Crippen LogP contribution in [-0.4, -0.2) is 12.8 Å². The Morgan fingerprint density at radius 2 is 1.64 bits per heavy atom. The molecule has 2 nitrogen and oxygen atoms in total. The first kappa shape index (κ1) is 15.6. The van der Waals surface area contributed by atoms with E-state index in [2.05, 4.69) is 74.5 Å². The molecule has 0 radical (unpaired) electrons. The quantitative estimate of drug-likeness (QED) is 0.584. The van der Waals surface area contributed by atoms with Crippen LogP contribution in [-0.2, 0) is 5.41 Å². The van der Waals surface area contributed by atoms with E-state index in [0.29, 0.717) is 0 Å². The van der Waals surface area contributed by atoms with Gasteiger partial charge in [0.15, 0.2) is 0 Å². The molecule has 0 aromatic heterocycles. The van der Waals surface area contributed by atoms with Crippen LogP contribution in [0.15, 0.2) is 71.7 Å². The van der Waals surface area contributed by atoms with Crippen molar-refractivity contribution in [3.63, 3.8) is 0 Å². The van der Waals surface area contributed by atoms with Gasteiger partial charge in [0, 0.05) is 5.41 Å². The van der Waals surface area contributed by atoms with E-state index in [4.69, 9.17) is 9.73 Å². The van der Waals surface area contributed by atoms with Crippen LogP contribution < -0.4 is 4.74 Å². The van der Waals surface area contributed by atoms with E-state index >= 15 is 0 Å². The highest BCUT2D eigenvalue weighted by Crippen LogP contribution is 2.44. The third kappa shape index (κ3) is 2.64. The molecule has 124 valence electrons. The second-order valence-corrected chi connectivity index (χ2v) is 6.91. The van der Waals surface area contributed by atoms with E-state index in [9.17, 15) is 0 Å². The molecule has 0 aliphatic carbocycles. The third-order valence-corrected chi connectivity index (χ3v) is 4.96. The number of hydrogen-bond donors (Lipinski definition) is 0. The molecule has 25 heavy (non-hydrogen) atoms. The minimum atomic E-state index is -0.112. The largest absolute Gasteiger partial charge is 0.497 e. The second kappa shape index (κ2) is 5.89. The van der Waals surface area contributed by atoms with E-state index in [-0.39, 0.29) is 5.41 Å². The summed E-state index contributed by atoms with van der Waals surface area (Å²) in [6.45, 7) is 4.50. The SMILES string of the molecule is COc1ccc(/C=C/C2=Nc3ccc4ccccc4c3C2(C)C)cc1. The van der Waals surface area contributed by atoms with Crippen molar-refractivity contribution in [3.8, 4) is 5.75 Å². The molecule has 0 saturated heterocycles. The van der Waals surface area contributed by atoms with Gasteiger partial charge in [0.05, 0.1) is 18.5 Å². The first-order chi connectivity index (χ1) is 12.1. The maximum atomic E-state index is 5.22. The van der Waals surface area contributed by atoms with Crippen molar-refractivity contribution in [1.29, 1.82) is 0 Å². The fraction of sp³-hybridized carbons (Fsp3) is 0.174. The van der Waals surface area contributed by atoms with Crippen LogP contribution in [0, 0.1) is 0 Å². The Morgan fingerprint density at radius 1 is 0.880 bits per heavy atom. The average molecular weight is 327 g/mol. The fourth-order valence-corrected chi connectivity index (χ4v) is 3.54. The topological polar surface area (TPSA) is 21.6 Å². The van der Waals surface area contributed by atoms with Gasteiger partial charge in [-0.1, -0.05) is 62.4 Å². The van der Waals surface area contributed by atoms with E-state index in [0.717, 1.165) is 22.7 Å². The van der Waals surface area contributed by atoms with Crippen LogP contribution in [0.1, 0.15) is 25.0 Å². The van der Waals surface area contributed by atoms with Gasteiger partial charge in [-0.2, -0.15) is 0 Å². The summed E-state index contributed by atoms with van der Waals surface area (Å²) in [6.07, 6.45) is 4.25. The van der Waals surface area contributed by atoms with Gasteiger partial charge in [-0.3, -0.25) is 4.99 Å². The van der Waals surface area contributed by atoms with Crippen molar-refractivity contribution in [2.45, 2.75) is 19.3 Å². The molecule has 0 spiro atoms. The lowest BCUT2D eigenvalue weighted by molar-refractivity contribution is 0.415. The molecule has 0 fully saturated rings. The smallest absolute Gasteiger partial charge is 0.118 e. The van der Waals surface area contributed by atoms with Crippen LogP contribution in [0.4, 0.5) is 5.69 Å². The van der Waals surface area contributed by atoms with Gasteiger partial charge < -0.3 is 4.74 Å². The Labute approximate surface area is 148 Å². The zero-order valence-electron chi connectivity index (χ0n) is 14.8. The lowest BCUT2D eigenvalue weighted by atomic mass is 9.79. The first-order valence-corrected chi connectivity index (χ1v) is 8.53. The Hall–Kier alpha value is -2.87. The number of ether oxygens (including phenoxy) is 1. The van der Waals surface area contributed by atoms with E-state index in [1.807, 2.05) is 12.1 Å². The summed E-state index contributed by atoms with van der Waals surface area (Å²) in [5.41, 5.74) is 4.52. The maximum absolute atomic E-state index is 5.22. The highest BCUT2D eigenvalue weighted by atomic mass is 16.5. The van der Waals surface area contributed by atoms with Gasteiger partial charge in [0.25, 0.3) is 0 Å². The highest BCUT2D eigenvalue weighted by Gasteiger charge is 2.34. The zero-order chi connectivity index (χ0) is 17.4. The predicted octanol–water partition coefficient (Wildman–Crippen LogP) is 5.93. The third-order valence-electron chi connectivity index (χ3n) is 4.96. The van der Waals surface area contributed by atoms with E-state index in [1.54, 1.807) is 7.11 Å². The molecule has 0 N–H and O–H groups in total. The minimum Gasteiger partial charge on any atom is -0.497 e. The molecule has 4 rings (SSSR count). The molecule has 0 unspecified atom stereocenters. The molecule has 0 bridgehead atoms. The maximum Gasteiger partial charge on any atom is 0.118 e. The van der Waals surface area contributed by atoms with Crippen LogP contribution in [0.25, 0.3) is 16.8 Å². The number of rotatable bonds is 3. The Kier molecular flexibility index (Phi) is 3.69. The van der Waals surface area contributed by atoms with Gasteiger partial charge in [0.1, 0.15) is 5.75 Å². The number of nitrogens with zero attached hydrogens (tertiary/aromatic N) is 1. The molecule has 2 heteroatoms. The van der Waals surface area contributed by atoms with Crippen molar-refractivity contribution in [1.82, 2.24) is 0 Å². The molecule has 0 saturated carbocycles. The van der Waals surface area contributed by atoms with Gasteiger partial charge in [-0.15, -0.1) is 0 Å². The van der Waals surface area contributed by atoms with Crippen LogP contribution in [0.3, 0.4) is 0 Å². The Bertz CT molecular complexity index is 994. The summed E-state index contributed by atoms with van der Waals surface area (Å²) in [5, 5.41) is 2.56. The van der Waals surface area contributed by atoms with Gasteiger partial charge in [-0.25, -0.2) is 0 Å². The second-order valence-electron chi connectivity index (χ2n) is 6.91. The number of aliphatic imine (C=N–C) groups is 1. The molecule has 1 heterocycles. The van der Waals surface area contributed by atoms with Crippen molar-refractivity contribution in [2.75, 3.05) is 7.11 Å². The predicted molar refractivity (Wildman–Crippen MR) is 106 cm³/mol. The minimum absolute atomic E-state index is 0.112. The normalized spacial score (nSPS) is 15.4. The molecule has 3 aromatic rings.